The third-order valence-electron chi connectivity index (χ3n) is 6.31. The molecule has 9 nitrogen and oxygen atoms in total. The minimum Gasteiger partial charge on any atom is -0.494 e. The van der Waals surface area contributed by atoms with Gasteiger partial charge >= 0.3 is 0 Å². The van der Waals surface area contributed by atoms with Crippen molar-refractivity contribution in [3.63, 3.8) is 0 Å². The van der Waals surface area contributed by atoms with E-state index >= 15 is 0 Å². The number of aromatic hydroxyl groups is 1. The van der Waals surface area contributed by atoms with Gasteiger partial charge in [0.25, 0.3) is 0 Å². The van der Waals surface area contributed by atoms with E-state index in [4.69, 9.17) is 25.8 Å². The molecule has 0 saturated carbocycles. The number of hydrogen-bond donors (Lipinski definition) is 2. The normalized spacial score (nSPS) is 17.1. The summed E-state index contributed by atoms with van der Waals surface area (Å²) in [5.41, 5.74) is -0.309. The molecule has 2 atom stereocenters. The average Bonchev–Trinajstić information content (AvgIpc) is 3.58. The van der Waals surface area contributed by atoms with Gasteiger partial charge in [-0.1, -0.05) is 29.8 Å². The molecule has 2 N–H and O–H groups in total. The Bertz CT molecular complexity index is 1500. The van der Waals surface area contributed by atoms with Crippen molar-refractivity contribution in [3.8, 4) is 17.4 Å². The molecule has 0 spiro atoms. The van der Waals surface area contributed by atoms with Crippen molar-refractivity contribution < 1.29 is 32.9 Å². The lowest BCUT2D eigenvalue weighted by molar-refractivity contribution is -0.139. The lowest BCUT2D eigenvalue weighted by Gasteiger charge is -2.19. The highest BCUT2D eigenvalue weighted by Crippen LogP contribution is 2.34. The SMILES string of the molecule is CC1(C)OC[C@@H](Cn2ccc(NC(=O)[C@H](Cc3c(F)cccc3F)n3cc(Oc4ccccc4Cl)cc3O)n2)O1. The minimum atomic E-state index is -1.27. The predicted octanol–water partition coefficient (Wildman–Crippen LogP) is 5.69. The van der Waals surface area contributed by atoms with Crippen molar-refractivity contribution in [2.24, 2.45) is 0 Å². The Kier molecular flexibility index (Phi) is 7.79. The van der Waals surface area contributed by atoms with Crippen LogP contribution in [0.5, 0.6) is 17.4 Å². The fourth-order valence-corrected chi connectivity index (χ4v) is 4.62. The minimum absolute atomic E-state index is 0.170. The van der Waals surface area contributed by atoms with Crippen LogP contribution in [0.15, 0.2) is 67.0 Å². The van der Waals surface area contributed by atoms with Crippen molar-refractivity contribution in [1.29, 1.82) is 0 Å². The first-order valence-electron chi connectivity index (χ1n) is 12.5. The molecule has 0 radical (unpaired) electrons. The fourth-order valence-electron chi connectivity index (χ4n) is 4.44. The summed E-state index contributed by atoms with van der Waals surface area (Å²) >= 11 is 6.17. The lowest BCUT2D eigenvalue weighted by Crippen LogP contribution is -2.28. The van der Waals surface area contributed by atoms with Crippen LogP contribution in [0.25, 0.3) is 0 Å². The summed E-state index contributed by atoms with van der Waals surface area (Å²) in [5, 5.41) is 18.1. The zero-order chi connectivity index (χ0) is 28.4. The first kappa shape index (κ1) is 27.6. The Hall–Kier alpha value is -3.93. The smallest absolute Gasteiger partial charge is 0.249 e. The number of para-hydroxylation sites is 1. The molecule has 4 aromatic rings. The van der Waals surface area contributed by atoms with E-state index in [0.29, 0.717) is 23.9 Å². The van der Waals surface area contributed by atoms with Crippen molar-refractivity contribution in [1.82, 2.24) is 14.3 Å². The van der Waals surface area contributed by atoms with Gasteiger partial charge in [0.15, 0.2) is 17.5 Å². The average molecular weight is 573 g/mol. The summed E-state index contributed by atoms with van der Waals surface area (Å²) in [6, 6.07) is 11.8. The number of ether oxygens (including phenoxy) is 3. The second-order valence-corrected chi connectivity index (χ2v) is 10.2. The largest absolute Gasteiger partial charge is 0.494 e. The van der Waals surface area contributed by atoms with Gasteiger partial charge in [0, 0.05) is 30.3 Å². The number of rotatable bonds is 9. The zero-order valence-electron chi connectivity index (χ0n) is 21.7. The summed E-state index contributed by atoms with van der Waals surface area (Å²) in [4.78, 5) is 13.5. The fraction of sp³-hybridized carbons (Fsp3) is 0.286. The molecule has 0 unspecified atom stereocenters. The Morgan fingerprint density at radius 1 is 1.23 bits per heavy atom. The monoisotopic (exact) mass is 572 g/mol. The number of aromatic nitrogens is 3. The molecule has 0 aliphatic carbocycles. The van der Waals surface area contributed by atoms with Gasteiger partial charge in [-0.05, 0) is 38.1 Å². The Labute approximate surface area is 233 Å². The van der Waals surface area contributed by atoms with Crippen LogP contribution in [0.1, 0.15) is 25.5 Å². The maximum Gasteiger partial charge on any atom is 0.249 e. The third kappa shape index (κ3) is 6.27. The molecule has 1 fully saturated rings. The molecular weight excluding hydrogens is 546 g/mol. The molecule has 0 bridgehead atoms. The van der Waals surface area contributed by atoms with Crippen LogP contribution in [0.4, 0.5) is 14.6 Å². The van der Waals surface area contributed by atoms with Gasteiger partial charge in [0.2, 0.25) is 5.91 Å². The number of halogens is 3. The molecular formula is C28H27ClF2N4O5. The van der Waals surface area contributed by atoms with E-state index in [2.05, 4.69) is 10.4 Å². The highest BCUT2D eigenvalue weighted by Gasteiger charge is 2.33. The standard InChI is InChI=1S/C28H27ClF2N4O5/c1-28(2)38-16-18(40-28)14-34-11-10-25(33-34)32-27(37)23(13-19-21(30)7-5-8-22(19)31)35-15-17(12-26(35)36)39-24-9-4-3-6-20(24)29/h3-12,15,18,23,36H,13-14,16H2,1-2H3,(H,32,33,37)/t18-,23+/m1/s1. The third-order valence-corrected chi connectivity index (χ3v) is 6.63. The van der Waals surface area contributed by atoms with Crippen LogP contribution in [0.2, 0.25) is 5.02 Å². The van der Waals surface area contributed by atoms with Gasteiger partial charge in [-0.15, -0.1) is 0 Å². The van der Waals surface area contributed by atoms with E-state index < -0.39 is 35.8 Å². The molecule has 3 heterocycles. The maximum atomic E-state index is 14.6. The molecule has 12 heteroatoms. The second-order valence-electron chi connectivity index (χ2n) is 9.76. The van der Waals surface area contributed by atoms with Crippen LogP contribution in [0.3, 0.4) is 0 Å². The molecule has 5 rings (SSSR count). The number of carbonyl (C=O) groups excluding carboxylic acids is 1. The van der Waals surface area contributed by atoms with Crippen molar-refractivity contribution in [2.75, 3.05) is 11.9 Å². The number of hydrogen-bond acceptors (Lipinski definition) is 6. The molecule has 1 aliphatic heterocycles. The van der Waals surface area contributed by atoms with E-state index in [1.54, 1.807) is 41.2 Å². The number of nitrogens with zero attached hydrogens (tertiary/aromatic N) is 3. The number of amides is 1. The second kappa shape index (κ2) is 11.3. The summed E-state index contributed by atoms with van der Waals surface area (Å²) in [7, 11) is 0. The van der Waals surface area contributed by atoms with E-state index in [1.165, 1.54) is 22.9 Å². The van der Waals surface area contributed by atoms with E-state index in [0.717, 1.165) is 12.1 Å². The highest BCUT2D eigenvalue weighted by atomic mass is 35.5. The number of benzene rings is 2. The molecule has 2 aromatic heterocycles. The van der Waals surface area contributed by atoms with Crippen LogP contribution >= 0.6 is 11.6 Å². The van der Waals surface area contributed by atoms with Gasteiger partial charge in [-0.3, -0.25) is 9.48 Å². The van der Waals surface area contributed by atoms with Crippen molar-refractivity contribution in [3.05, 3.63) is 89.2 Å². The van der Waals surface area contributed by atoms with Crippen LogP contribution in [-0.4, -0.2) is 43.9 Å². The number of nitrogens with one attached hydrogen (secondary N) is 1. The molecule has 40 heavy (non-hydrogen) atoms. The van der Waals surface area contributed by atoms with E-state index in [1.807, 2.05) is 13.8 Å². The zero-order valence-corrected chi connectivity index (χ0v) is 22.4. The topological polar surface area (TPSA) is 99.8 Å². The van der Waals surface area contributed by atoms with Crippen LogP contribution in [-0.2, 0) is 27.2 Å². The summed E-state index contributed by atoms with van der Waals surface area (Å²) in [6.45, 7) is 4.43. The Balaban J connectivity index is 1.39. The molecule has 1 saturated heterocycles. The van der Waals surface area contributed by atoms with Crippen molar-refractivity contribution in [2.45, 2.75) is 44.7 Å². The van der Waals surface area contributed by atoms with Crippen LogP contribution in [0, 0.1) is 11.6 Å². The van der Waals surface area contributed by atoms with E-state index in [-0.39, 0.29) is 29.1 Å². The predicted molar refractivity (Wildman–Crippen MR) is 142 cm³/mol. The first-order chi connectivity index (χ1) is 19.1. The lowest BCUT2D eigenvalue weighted by atomic mass is 10.0. The Morgan fingerprint density at radius 2 is 1.98 bits per heavy atom. The maximum absolute atomic E-state index is 14.6. The molecule has 1 amide bonds. The number of carbonyl (C=O) groups is 1. The summed E-state index contributed by atoms with van der Waals surface area (Å²) in [5.74, 6) is -2.63. The molecule has 210 valence electrons. The van der Waals surface area contributed by atoms with Gasteiger partial charge in [-0.25, -0.2) is 8.78 Å². The Morgan fingerprint density at radius 3 is 2.67 bits per heavy atom. The van der Waals surface area contributed by atoms with Gasteiger partial charge in [0.1, 0.15) is 35.3 Å². The van der Waals surface area contributed by atoms with Crippen LogP contribution < -0.4 is 10.1 Å². The quantitative estimate of drug-likeness (QED) is 0.267. The van der Waals surface area contributed by atoms with Crippen molar-refractivity contribution >= 4 is 23.3 Å². The van der Waals surface area contributed by atoms with Gasteiger partial charge in [-0.2, -0.15) is 5.10 Å². The summed E-state index contributed by atoms with van der Waals surface area (Å²) < 4.78 is 49.1. The number of anilines is 1. The summed E-state index contributed by atoms with van der Waals surface area (Å²) in [6.07, 6.45) is 2.41. The molecule has 1 aliphatic rings. The molecule has 2 aromatic carbocycles. The first-order valence-corrected chi connectivity index (χ1v) is 12.9. The highest BCUT2D eigenvalue weighted by molar-refractivity contribution is 6.32. The van der Waals surface area contributed by atoms with E-state index in [9.17, 15) is 18.7 Å². The van der Waals surface area contributed by atoms with Gasteiger partial charge in [0.05, 0.1) is 24.4 Å². The van der Waals surface area contributed by atoms with Gasteiger partial charge < -0.3 is 29.2 Å².